The second kappa shape index (κ2) is 11.9. The van der Waals surface area contributed by atoms with Crippen LogP contribution in [0.3, 0.4) is 0 Å². The van der Waals surface area contributed by atoms with Crippen molar-refractivity contribution in [2.24, 2.45) is 0 Å². The highest BCUT2D eigenvalue weighted by molar-refractivity contribution is 6.24. The van der Waals surface area contributed by atoms with Crippen LogP contribution < -0.4 is 16.0 Å². The summed E-state index contributed by atoms with van der Waals surface area (Å²) in [5.74, 6) is -3.14. The molecule has 0 aliphatic carbocycles. The van der Waals surface area contributed by atoms with Crippen LogP contribution in [0, 0.1) is 0 Å². The summed E-state index contributed by atoms with van der Waals surface area (Å²) in [7, 11) is 0. The van der Waals surface area contributed by atoms with Gasteiger partial charge in [-0.1, -0.05) is 24.3 Å². The highest BCUT2D eigenvalue weighted by Gasteiger charge is 2.44. The first-order valence-electron chi connectivity index (χ1n) is 14.9. The molecule has 13 nitrogen and oxygen atoms in total. The first-order valence-corrected chi connectivity index (χ1v) is 14.9. The van der Waals surface area contributed by atoms with Crippen molar-refractivity contribution in [1.82, 2.24) is 35.4 Å². The van der Waals surface area contributed by atoms with Crippen LogP contribution in [0.4, 0.5) is 0 Å². The van der Waals surface area contributed by atoms with Crippen LogP contribution >= 0.6 is 0 Å². The van der Waals surface area contributed by atoms with E-state index in [1.54, 1.807) is 24.5 Å². The SMILES string of the molecule is O=C(Cn1c2ccccc2c2cccnc21)NCc1ccc(CNC(=O)c2ccc3c(c2)C(=O)N(C2CCC(=O)NC2=O)C3=O)cn1. The number of carbonyl (C=O) groups is 6. The summed E-state index contributed by atoms with van der Waals surface area (Å²) in [6.07, 6.45) is 3.37. The topological polar surface area (TPSA) is 172 Å². The molecule has 1 saturated heterocycles. The van der Waals surface area contributed by atoms with Crippen LogP contribution in [0.25, 0.3) is 21.9 Å². The van der Waals surface area contributed by atoms with Gasteiger partial charge in [0.15, 0.2) is 0 Å². The third kappa shape index (κ3) is 5.47. The standard InChI is InChI=1S/C34H27N7O6/c42-28-12-11-27(32(45)39-28)41-33(46)24-10-8-20(14-25(24)34(41)47)31(44)38-16-19-7-9-21(36-15-19)17-37-29(43)18-40-26-6-2-1-4-22(26)23-5-3-13-35-30(23)40/h1-10,13-15,27H,11-12,16-18H2,(H,37,43)(H,38,44)(H,39,42,45). The molecule has 1 unspecified atom stereocenters. The molecule has 7 rings (SSSR count). The van der Waals surface area contributed by atoms with E-state index < -0.39 is 35.6 Å². The van der Waals surface area contributed by atoms with E-state index in [0.717, 1.165) is 26.8 Å². The molecule has 2 aromatic carbocycles. The average Bonchev–Trinajstić information content (AvgIpc) is 3.53. The van der Waals surface area contributed by atoms with Gasteiger partial charge in [0.1, 0.15) is 18.2 Å². The quantitative estimate of drug-likeness (QED) is 0.219. The van der Waals surface area contributed by atoms with E-state index in [1.165, 1.54) is 18.2 Å². The van der Waals surface area contributed by atoms with Crippen LogP contribution in [-0.4, -0.2) is 60.9 Å². The summed E-state index contributed by atoms with van der Waals surface area (Å²) in [6.45, 7) is 0.460. The summed E-state index contributed by atoms with van der Waals surface area (Å²) in [6, 6.07) is 18.3. The highest BCUT2D eigenvalue weighted by atomic mass is 16.2. The molecule has 5 aromatic rings. The molecule has 3 N–H and O–H groups in total. The van der Waals surface area contributed by atoms with E-state index in [2.05, 4.69) is 25.9 Å². The maximum Gasteiger partial charge on any atom is 0.262 e. The van der Waals surface area contributed by atoms with Crippen molar-refractivity contribution in [3.05, 3.63) is 107 Å². The lowest BCUT2D eigenvalue weighted by molar-refractivity contribution is -0.136. The lowest BCUT2D eigenvalue weighted by Gasteiger charge is -2.27. The molecule has 234 valence electrons. The number of pyridine rings is 2. The molecule has 1 fully saturated rings. The number of nitrogens with zero attached hydrogens (tertiary/aromatic N) is 4. The van der Waals surface area contributed by atoms with E-state index in [-0.39, 0.29) is 55.1 Å². The van der Waals surface area contributed by atoms with E-state index in [9.17, 15) is 28.8 Å². The number of imide groups is 2. The van der Waals surface area contributed by atoms with Crippen molar-refractivity contribution in [2.75, 3.05) is 0 Å². The number of amides is 6. The van der Waals surface area contributed by atoms with E-state index in [0.29, 0.717) is 11.3 Å². The number of aromatic nitrogens is 3. The van der Waals surface area contributed by atoms with Crippen LogP contribution in [0.2, 0.25) is 0 Å². The van der Waals surface area contributed by atoms with E-state index >= 15 is 0 Å². The smallest absolute Gasteiger partial charge is 0.262 e. The molecule has 2 aliphatic rings. The lowest BCUT2D eigenvalue weighted by Crippen LogP contribution is -2.54. The van der Waals surface area contributed by atoms with Gasteiger partial charge in [-0.25, -0.2) is 4.98 Å². The second-order valence-corrected chi connectivity index (χ2v) is 11.3. The van der Waals surface area contributed by atoms with E-state index in [4.69, 9.17) is 0 Å². The van der Waals surface area contributed by atoms with Crippen molar-refractivity contribution < 1.29 is 28.8 Å². The summed E-state index contributed by atoms with van der Waals surface area (Å²) in [5.41, 5.74) is 3.29. The molecule has 0 spiro atoms. The number of fused-ring (bicyclic) bond motifs is 4. The van der Waals surface area contributed by atoms with Gasteiger partial charge in [-0.15, -0.1) is 0 Å². The number of piperidine rings is 1. The molecule has 47 heavy (non-hydrogen) atoms. The van der Waals surface area contributed by atoms with E-state index in [1.807, 2.05) is 41.0 Å². The predicted molar refractivity (Wildman–Crippen MR) is 168 cm³/mol. The molecule has 0 saturated carbocycles. The minimum atomic E-state index is -1.08. The zero-order chi connectivity index (χ0) is 32.7. The highest BCUT2D eigenvalue weighted by Crippen LogP contribution is 2.29. The second-order valence-electron chi connectivity index (χ2n) is 11.3. The zero-order valence-corrected chi connectivity index (χ0v) is 24.9. The Morgan fingerprint density at radius 3 is 2.47 bits per heavy atom. The van der Waals surface area contributed by atoms with Gasteiger partial charge in [0.2, 0.25) is 17.7 Å². The Kier molecular flexibility index (Phi) is 7.48. The normalized spacial score (nSPS) is 16.0. The predicted octanol–water partition coefficient (Wildman–Crippen LogP) is 2.23. The largest absolute Gasteiger partial charge is 0.349 e. The summed E-state index contributed by atoms with van der Waals surface area (Å²) < 4.78 is 1.89. The number of carbonyl (C=O) groups excluding carboxylic acids is 6. The zero-order valence-electron chi connectivity index (χ0n) is 24.9. The van der Waals surface area contributed by atoms with Crippen LogP contribution in [0.15, 0.2) is 79.1 Å². The number of hydrogen-bond acceptors (Lipinski definition) is 8. The minimum Gasteiger partial charge on any atom is -0.349 e. The number of rotatable bonds is 8. The van der Waals surface area contributed by atoms with Gasteiger partial charge in [-0.2, -0.15) is 0 Å². The molecular weight excluding hydrogens is 602 g/mol. The Hall–Kier alpha value is -6.24. The first-order chi connectivity index (χ1) is 22.8. The molecule has 6 amide bonds. The Labute approximate surface area is 267 Å². The van der Waals surface area contributed by atoms with Crippen molar-refractivity contribution in [1.29, 1.82) is 0 Å². The van der Waals surface area contributed by atoms with Crippen molar-refractivity contribution in [2.45, 2.75) is 38.5 Å². The summed E-state index contributed by atoms with van der Waals surface area (Å²) >= 11 is 0. The van der Waals surface area contributed by atoms with Crippen molar-refractivity contribution in [3.8, 4) is 0 Å². The van der Waals surface area contributed by atoms with Gasteiger partial charge in [-0.3, -0.25) is 44.0 Å². The third-order valence-electron chi connectivity index (χ3n) is 8.34. The fraction of sp³-hybridized carbons (Fsp3) is 0.176. The van der Waals surface area contributed by atoms with Gasteiger partial charge < -0.3 is 15.2 Å². The molecule has 1 atom stereocenters. The van der Waals surface area contributed by atoms with Crippen molar-refractivity contribution in [3.63, 3.8) is 0 Å². The molecule has 5 heterocycles. The molecule has 13 heteroatoms. The molecular formula is C34H27N7O6. The van der Waals surface area contributed by atoms with Crippen LogP contribution in [0.5, 0.6) is 0 Å². The molecule has 2 aliphatic heterocycles. The maximum absolute atomic E-state index is 13.1. The van der Waals surface area contributed by atoms with Crippen LogP contribution in [0.1, 0.15) is 55.2 Å². The first kappa shape index (κ1) is 29.5. The number of para-hydroxylation sites is 1. The fourth-order valence-electron chi connectivity index (χ4n) is 5.98. The Balaban J connectivity index is 0.942. The summed E-state index contributed by atoms with van der Waals surface area (Å²) in [4.78, 5) is 85.3. The van der Waals surface area contributed by atoms with Gasteiger partial charge >= 0.3 is 0 Å². The van der Waals surface area contributed by atoms with Gasteiger partial charge in [-0.05, 0) is 54.4 Å². The molecule has 3 aromatic heterocycles. The minimum absolute atomic E-state index is 0.0174. The monoisotopic (exact) mass is 629 g/mol. The van der Waals surface area contributed by atoms with Crippen molar-refractivity contribution >= 4 is 57.4 Å². The summed E-state index contributed by atoms with van der Waals surface area (Å²) in [5, 5.41) is 9.84. The fourth-order valence-corrected chi connectivity index (χ4v) is 5.98. The Morgan fingerprint density at radius 2 is 1.66 bits per heavy atom. The number of nitrogens with one attached hydrogen (secondary N) is 3. The Bertz CT molecular complexity index is 2090. The van der Waals surface area contributed by atoms with Crippen LogP contribution in [-0.2, 0) is 34.0 Å². The number of hydrogen-bond donors (Lipinski definition) is 3. The molecule has 0 bridgehead atoms. The number of benzene rings is 2. The molecule has 0 radical (unpaired) electrons. The Morgan fingerprint density at radius 1 is 0.851 bits per heavy atom. The lowest BCUT2D eigenvalue weighted by atomic mass is 10.0. The van der Waals surface area contributed by atoms with Gasteiger partial charge in [0, 0.05) is 41.7 Å². The third-order valence-corrected chi connectivity index (χ3v) is 8.34. The van der Waals surface area contributed by atoms with Gasteiger partial charge in [0.05, 0.1) is 28.9 Å². The van der Waals surface area contributed by atoms with Gasteiger partial charge in [0.25, 0.3) is 17.7 Å². The maximum atomic E-state index is 13.1. The average molecular weight is 630 g/mol.